The molecule has 0 unspecified atom stereocenters. The Morgan fingerprint density at radius 3 is 2.23 bits per heavy atom. The molecule has 226 valence electrons. The number of hydrogen-bond acceptors (Lipinski definition) is 6. The van der Waals surface area contributed by atoms with Crippen LogP contribution in [0.15, 0.2) is 71.6 Å². The minimum absolute atomic E-state index is 0.126. The van der Waals surface area contributed by atoms with Crippen LogP contribution in [0.3, 0.4) is 0 Å². The van der Waals surface area contributed by atoms with Gasteiger partial charge in [-0.3, -0.25) is 9.59 Å². The van der Waals surface area contributed by atoms with Crippen molar-refractivity contribution in [1.82, 2.24) is 14.1 Å². The molecule has 2 fully saturated rings. The monoisotopic (exact) mass is 607 g/mol. The smallest absolute Gasteiger partial charge is 0.253 e. The fraction of sp³-hybridized carbons (Fsp3) is 0.375. The number of amides is 2. The third-order valence-corrected chi connectivity index (χ3v) is 10.2. The van der Waals surface area contributed by atoms with Crippen molar-refractivity contribution in [3.63, 3.8) is 0 Å². The summed E-state index contributed by atoms with van der Waals surface area (Å²) in [7, 11) is -3.88. The molecule has 1 saturated carbocycles. The van der Waals surface area contributed by atoms with E-state index in [2.05, 4.69) is 0 Å². The van der Waals surface area contributed by atoms with E-state index in [1.165, 1.54) is 16.4 Å². The second kappa shape index (κ2) is 12.0. The number of likely N-dealkylation sites (tertiary alicyclic amines) is 1. The number of fused-ring (bicyclic) bond motifs is 1. The predicted octanol–water partition coefficient (Wildman–Crippen LogP) is 4.35. The summed E-state index contributed by atoms with van der Waals surface area (Å²) in [5.41, 5.74) is 2.19. The summed E-state index contributed by atoms with van der Waals surface area (Å²) in [6.45, 7) is 2.81. The maximum atomic E-state index is 14.0. The third kappa shape index (κ3) is 6.37. The van der Waals surface area contributed by atoms with Crippen molar-refractivity contribution in [2.45, 2.75) is 56.1 Å². The molecule has 9 nitrogen and oxygen atoms in total. The van der Waals surface area contributed by atoms with E-state index in [9.17, 15) is 22.4 Å². The van der Waals surface area contributed by atoms with Crippen LogP contribution in [0.2, 0.25) is 0 Å². The average molecular weight is 608 g/mol. The van der Waals surface area contributed by atoms with Crippen LogP contribution >= 0.6 is 0 Å². The molecule has 2 amide bonds. The second-order valence-corrected chi connectivity index (χ2v) is 13.2. The average Bonchev–Trinajstić information content (AvgIpc) is 3.74. The zero-order valence-electron chi connectivity index (χ0n) is 23.9. The molecule has 0 N–H and O–H groups in total. The van der Waals surface area contributed by atoms with E-state index in [1.807, 2.05) is 6.92 Å². The van der Waals surface area contributed by atoms with Crippen molar-refractivity contribution in [2.75, 3.05) is 26.4 Å². The predicted molar refractivity (Wildman–Crippen MR) is 157 cm³/mol. The third-order valence-electron chi connectivity index (χ3n) is 8.27. The van der Waals surface area contributed by atoms with Gasteiger partial charge in [0.1, 0.15) is 5.82 Å². The van der Waals surface area contributed by atoms with Crippen LogP contribution in [0.5, 0.6) is 11.5 Å². The topological polar surface area (TPSA) is 96.5 Å². The highest BCUT2D eigenvalue weighted by Gasteiger charge is 2.41. The van der Waals surface area contributed by atoms with E-state index < -0.39 is 10.0 Å². The number of benzene rings is 3. The quantitative estimate of drug-likeness (QED) is 0.359. The standard InChI is InChI=1S/C32H34FN3O6S/c1-22-2-11-28(12-3-22)43(39,40)36(27-9-10-27)20-31(37)35(19-23-4-7-25(33)8-5-23)26-14-16-34(17-15-26)32(38)24-6-13-29-30(18-24)42-21-41-29/h2-8,11-13,18,26-27H,9-10,14-17,19-21H2,1H3. The van der Waals surface area contributed by atoms with E-state index in [-0.39, 0.29) is 54.5 Å². The Hall–Kier alpha value is -3.96. The summed E-state index contributed by atoms with van der Waals surface area (Å²) in [6, 6.07) is 17.3. The van der Waals surface area contributed by atoms with Crippen LogP contribution in [0.1, 0.15) is 47.2 Å². The molecule has 43 heavy (non-hydrogen) atoms. The number of sulfonamides is 1. The van der Waals surface area contributed by atoms with E-state index >= 15 is 0 Å². The van der Waals surface area contributed by atoms with Gasteiger partial charge in [-0.05, 0) is 80.6 Å². The van der Waals surface area contributed by atoms with E-state index in [0.29, 0.717) is 55.8 Å². The molecular formula is C32H34FN3O6S. The molecule has 0 radical (unpaired) electrons. The number of halogens is 1. The molecule has 1 aliphatic carbocycles. The number of rotatable bonds is 9. The van der Waals surface area contributed by atoms with Gasteiger partial charge in [-0.25, -0.2) is 12.8 Å². The van der Waals surface area contributed by atoms with Crippen LogP contribution in [0, 0.1) is 12.7 Å². The Morgan fingerprint density at radius 1 is 0.884 bits per heavy atom. The summed E-state index contributed by atoms with van der Waals surface area (Å²) in [5.74, 6) is 0.332. The van der Waals surface area contributed by atoms with Crippen molar-refractivity contribution >= 4 is 21.8 Å². The normalized spacial score (nSPS) is 16.9. The number of carbonyl (C=O) groups is 2. The summed E-state index contributed by atoms with van der Waals surface area (Å²) in [5, 5.41) is 0. The largest absolute Gasteiger partial charge is 0.454 e. The van der Waals surface area contributed by atoms with Gasteiger partial charge in [0.15, 0.2) is 11.5 Å². The van der Waals surface area contributed by atoms with Gasteiger partial charge in [-0.1, -0.05) is 29.8 Å². The number of aryl methyl sites for hydroxylation is 1. The number of hydrogen-bond donors (Lipinski definition) is 0. The molecule has 0 bridgehead atoms. The van der Waals surface area contributed by atoms with Gasteiger partial charge < -0.3 is 19.3 Å². The minimum Gasteiger partial charge on any atom is -0.454 e. The lowest BCUT2D eigenvalue weighted by Crippen LogP contribution is -2.51. The first-order chi connectivity index (χ1) is 20.7. The fourth-order valence-electron chi connectivity index (χ4n) is 5.64. The van der Waals surface area contributed by atoms with E-state index in [0.717, 1.165) is 11.1 Å². The Morgan fingerprint density at radius 2 is 1.56 bits per heavy atom. The lowest BCUT2D eigenvalue weighted by molar-refractivity contribution is -0.135. The molecule has 11 heteroatoms. The lowest BCUT2D eigenvalue weighted by Gasteiger charge is -2.39. The van der Waals surface area contributed by atoms with Gasteiger partial charge in [0.25, 0.3) is 5.91 Å². The minimum atomic E-state index is -3.88. The van der Waals surface area contributed by atoms with Crippen LogP contribution in [0.25, 0.3) is 0 Å². The lowest BCUT2D eigenvalue weighted by atomic mass is 10.0. The number of piperidine rings is 1. The van der Waals surface area contributed by atoms with Crippen LogP contribution in [0.4, 0.5) is 4.39 Å². The molecule has 1 saturated heterocycles. The Bertz CT molecular complexity index is 1600. The van der Waals surface area contributed by atoms with Crippen LogP contribution in [-0.2, 0) is 21.4 Å². The van der Waals surface area contributed by atoms with Crippen LogP contribution in [-0.4, -0.2) is 72.8 Å². The highest BCUT2D eigenvalue weighted by molar-refractivity contribution is 7.89. The first-order valence-corrected chi connectivity index (χ1v) is 15.9. The number of carbonyl (C=O) groups excluding carboxylic acids is 2. The molecule has 2 aliphatic heterocycles. The van der Waals surface area contributed by atoms with Gasteiger partial charge in [-0.15, -0.1) is 0 Å². The molecular weight excluding hydrogens is 573 g/mol. The maximum absolute atomic E-state index is 14.0. The fourth-order valence-corrected chi connectivity index (χ4v) is 7.28. The zero-order chi connectivity index (χ0) is 30.1. The molecule has 0 atom stereocenters. The van der Waals surface area contributed by atoms with Crippen molar-refractivity contribution in [1.29, 1.82) is 0 Å². The molecule has 3 aliphatic rings. The van der Waals surface area contributed by atoms with Gasteiger partial charge in [0.2, 0.25) is 22.7 Å². The molecule has 3 aromatic carbocycles. The van der Waals surface area contributed by atoms with Gasteiger partial charge in [0.05, 0.1) is 11.4 Å². The highest BCUT2D eigenvalue weighted by atomic mass is 32.2. The van der Waals surface area contributed by atoms with E-state index in [1.54, 1.807) is 64.4 Å². The summed E-state index contributed by atoms with van der Waals surface area (Å²) < 4.78 is 53.0. The maximum Gasteiger partial charge on any atom is 0.253 e. The summed E-state index contributed by atoms with van der Waals surface area (Å²) in [4.78, 5) is 30.9. The molecule has 2 heterocycles. The first kappa shape index (κ1) is 29.1. The SMILES string of the molecule is Cc1ccc(S(=O)(=O)N(CC(=O)N(Cc2ccc(F)cc2)C2CCN(C(=O)c3ccc4c(c3)OCO4)CC2)C2CC2)cc1. The van der Waals surface area contributed by atoms with Gasteiger partial charge in [0, 0.05) is 37.3 Å². The molecule has 6 rings (SSSR count). The first-order valence-electron chi connectivity index (χ1n) is 14.5. The van der Waals surface area contributed by atoms with Crippen molar-refractivity contribution in [2.24, 2.45) is 0 Å². The molecule has 0 aromatic heterocycles. The zero-order valence-corrected chi connectivity index (χ0v) is 24.8. The Kier molecular flexibility index (Phi) is 8.11. The molecule has 0 spiro atoms. The van der Waals surface area contributed by atoms with Gasteiger partial charge in [-0.2, -0.15) is 4.31 Å². The Labute approximate surface area is 250 Å². The number of ether oxygens (including phenoxy) is 2. The van der Waals surface area contributed by atoms with E-state index in [4.69, 9.17) is 9.47 Å². The van der Waals surface area contributed by atoms with Crippen molar-refractivity contribution in [3.05, 3.63) is 89.2 Å². The second-order valence-electron chi connectivity index (χ2n) is 11.3. The Balaban J connectivity index is 1.19. The van der Waals surface area contributed by atoms with Crippen molar-refractivity contribution < 1.29 is 31.9 Å². The van der Waals surface area contributed by atoms with Crippen LogP contribution < -0.4 is 9.47 Å². The van der Waals surface area contributed by atoms with Crippen molar-refractivity contribution in [3.8, 4) is 11.5 Å². The van der Waals surface area contributed by atoms with Gasteiger partial charge >= 0.3 is 0 Å². The summed E-state index contributed by atoms with van der Waals surface area (Å²) in [6.07, 6.45) is 2.46. The highest BCUT2D eigenvalue weighted by Crippen LogP contribution is 2.34. The number of nitrogens with zero attached hydrogens (tertiary/aromatic N) is 3. The molecule has 3 aromatic rings. The summed E-state index contributed by atoms with van der Waals surface area (Å²) >= 11 is 0.